The quantitative estimate of drug-likeness (QED) is 0.652. The number of carbonyl (C=O) groups excluding carboxylic acids is 2. The van der Waals surface area contributed by atoms with E-state index in [1.54, 1.807) is 6.07 Å². The molecule has 0 spiro atoms. The first-order valence-corrected chi connectivity index (χ1v) is 6.27. The molecule has 2 aromatic carbocycles. The van der Waals surface area contributed by atoms with Gasteiger partial charge in [-0.1, -0.05) is 0 Å². The molecule has 0 aliphatic heterocycles. The van der Waals surface area contributed by atoms with Crippen LogP contribution >= 0.6 is 12.0 Å². The number of ketones is 2. The van der Waals surface area contributed by atoms with Crippen molar-refractivity contribution in [3.05, 3.63) is 58.7 Å². The molecule has 0 unspecified atom stereocenters. The molecule has 6 heteroatoms. The average molecular weight is 361 g/mol. The summed E-state index contributed by atoms with van der Waals surface area (Å²) < 4.78 is 9.01. The standard InChI is InChI=1S/C14H8O4S.Y/c15-7-1-3-9-11(5-7)14(17)12-6-8(19-18)2-4-10(12)13(9)16;/h1-6,15,18H;. The number of carbonyl (C=O) groups is 2. The van der Waals surface area contributed by atoms with E-state index in [2.05, 4.69) is 0 Å². The molecular weight excluding hydrogens is 353 g/mol. The molecule has 0 bridgehead atoms. The Labute approximate surface area is 144 Å². The van der Waals surface area contributed by atoms with Gasteiger partial charge in [0.1, 0.15) is 5.75 Å². The van der Waals surface area contributed by atoms with Crippen molar-refractivity contribution >= 4 is 23.6 Å². The Balaban J connectivity index is 0.00000147. The topological polar surface area (TPSA) is 74.6 Å². The molecule has 2 aromatic rings. The third-order valence-corrected chi connectivity index (χ3v) is 3.54. The minimum absolute atomic E-state index is 0. The molecular formula is C14H8O4SY. The molecule has 97 valence electrons. The Kier molecular flexibility index (Phi) is 4.44. The second kappa shape index (κ2) is 5.78. The van der Waals surface area contributed by atoms with Crippen LogP contribution in [0.5, 0.6) is 5.75 Å². The fraction of sp³-hybridized carbons (Fsp3) is 0. The second-order valence-corrected chi connectivity index (χ2v) is 4.84. The molecule has 1 aliphatic carbocycles. The van der Waals surface area contributed by atoms with Crippen molar-refractivity contribution in [2.75, 3.05) is 0 Å². The molecule has 0 aromatic heterocycles. The zero-order valence-corrected chi connectivity index (χ0v) is 13.8. The number of fused-ring (bicyclic) bond motifs is 2. The first-order valence-electron chi connectivity index (χ1n) is 5.49. The molecule has 20 heavy (non-hydrogen) atoms. The summed E-state index contributed by atoms with van der Waals surface area (Å²) in [4.78, 5) is 25.1. The van der Waals surface area contributed by atoms with E-state index in [0.29, 0.717) is 28.1 Å². The Morgan fingerprint density at radius 3 is 2.00 bits per heavy atom. The molecule has 0 heterocycles. The van der Waals surface area contributed by atoms with Gasteiger partial charge in [-0.15, -0.1) is 0 Å². The summed E-state index contributed by atoms with van der Waals surface area (Å²) in [5.41, 5.74) is 1.06. The largest absolute Gasteiger partial charge is 0.508 e. The maximum Gasteiger partial charge on any atom is 0.194 e. The van der Waals surface area contributed by atoms with Crippen LogP contribution in [0.15, 0.2) is 41.3 Å². The van der Waals surface area contributed by atoms with Gasteiger partial charge in [0.15, 0.2) is 11.6 Å². The van der Waals surface area contributed by atoms with Gasteiger partial charge in [-0.3, -0.25) is 9.59 Å². The van der Waals surface area contributed by atoms with Crippen LogP contribution in [0.4, 0.5) is 0 Å². The summed E-state index contributed by atoms with van der Waals surface area (Å²) >= 11 is 0.516. The molecule has 0 amide bonds. The van der Waals surface area contributed by atoms with Gasteiger partial charge in [0.05, 0.1) is 0 Å². The van der Waals surface area contributed by atoms with Crippen molar-refractivity contribution in [3.8, 4) is 5.75 Å². The van der Waals surface area contributed by atoms with Crippen molar-refractivity contribution in [2.45, 2.75) is 4.90 Å². The Bertz CT molecular complexity index is 727. The minimum atomic E-state index is -0.323. The van der Waals surface area contributed by atoms with Crippen molar-refractivity contribution in [3.63, 3.8) is 0 Å². The van der Waals surface area contributed by atoms with E-state index in [4.69, 9.17) is 4.55 Å². The number of phenolic OH excluding ortho intramolecular Hbond substituents is 1. The average Bonchev–Trinajstić information content (AvgIpc) is 2.44. The van der Waals surface area contributed by atoms with E-state index < -0.39 is 0 Å². The second-order valence-electron chi connectivity index (χ2n) is 4.19. The summed E-state index contributed by atoms with van der Waals surface area (Å²) in [5, 5.41) is 9.43. The van der Waals surface area contributed by atoms with Gasteiger partial charge in [0.25, 0.3) is 0 Å². The van der Waals surface area contributed by atoms with Crippen LogP contribution in [0.2, 0.25) is 0 Å². The normalized spacial score (nSPS) is 12.4. The van der Waals surface area contributed by atoms with E-state index in [-0.39, 0.29) is 61.2 Å². The van der Waals surface area contributed by atoms with Gasteiger partial charge in [0, 0.05) is 71.9 Å². The summed E-state index contributed by atoms with van der Waals surface area (Å²) in [5.74, 6) is -0.633. The Morgan fingerprint density at radius 1 is 0.800 bits per heavy atom. The van der Waals surface area contributed by atoms with Crippen LogP contribution < -0.4 is 0 Å². The molecule has 1 radical (unpaired) electrons. The summed E-state index contributed by atoms with van der Waals surface area (Å²) in [6.07, 6.45) is 0. The Hall–Kier alpha value is -1.01. The number of benzene rings is 2. The molecule has 0 saturated heterocycles. The van der Waals surface area contributed by atoms with Crippen LogP contribution in [-0.4, -0.2) is 21.2 Å². The first-order chi connectivity index (χ1) is 9.11. The van der Waals surface area contributed by atoms with Crippen molar-refractivity contribution in [1.29, 1.82) is 0 Å². The van der Waals surface area contributed by atoms with Gasteiger partial charge in [-0.25, -0.2) is 0 Å². The SMILES string of the molecule is O=C1c2ccc(O)cc2C(=O)c2cc(SO)ccc21.[Y]. The monoisotopic (exact) mass is 361 g/mol. The third-order valence-electron chi connectivity index (χ3n) is 3.08. The zero-order valence-electron chi connectivity index (χ0n) is 10.2. The molecule has 0 fully saturated rings. The van der Waals surface area contributed by atoms with E-state index in [0.717, 1.165) is 0 Å². The fourth-order valence-corrected chi connectivity index (χ4v) is 2.47. The predicted molar refractivity (Wildman–Crippen MR) is 69.9 cm³/mol. The number of rotatable bonds is 1. The van der Waals surface area contributed by atoms with E-state index in [9.17, 15) is 14.7 Å². The zero-order chi connectivity index (χ0) is 13.6. The third kappa shape index (κ3) is 2.35. The molecule has 3 rings (SSSR count). The van der Waals surface area contributed by atoms with Gasteiger partial charge >= 0.3 is 0 Å². The maximum atomic E-state index is 12.3. The van der Waals surface area contributed by atoms with Crippen LogP contribution in [0.1, 0.15) is 31.8 Å². The number of aromatic hydroxyl groups is 1. The molecule has 0 atom stereocenters. The van der Waals surface area contributed by atoms with E-state index in [1.807, 2.05) is 0 Å². The van der Waals surface area contributed by atoms with Gasteiger partial charge in [-0.05, 0) is 36.4 Å². The maximum absolute atomic E-state index is 12.3. The smallest absolute Gasteiger partial charge is 0.194 e. The summed E-state index contributed by atoms with van der Waals surface area (Å²) in [6, 6.07) is 8.71. The predicted octanol–water partition coefficient (Wildman–Crippen LogP) is 2.73. The van der Waals surface area contributed by atoms with Crippen LogP contribution in [0.3, 0.4) is 0 Å². The summed E-state index contributed by atoms with van der Waals surface area (Å²) in [7, 11) is 0. The van der Waals surface area contributed by atoms with Crippen molar-refractivity contribution in [1.82, 2.24) is 0 Å². The minimum Gasteiger partial charge on any atom is -0.508 e. The van der Waals surface area contributed by atoms with E-state index >= 15 is 0 Å². The van der Waals surface area contributed by atoms with Crippen LogP contribution in [0.25, 0.3) is 0 Å². The fourth-order valence-electron chi connectivity index (χ4n) is 2.17. The molecule has 0 saturated carbocycles. The van der Waals surface area contributed by atoms with Gasteiger partial charge in [-0.2, -0.15) is 0 Å². The van der Waals surface area contributed by atoms with Gasteiger partial charge in [0.2, 0.25) is 0 Å². The summed E-state index contributed by atoms with van der Waals surface area (Å²) in [6.45, 7) is 0. The molecule has 1 aliphatic rings. The molecule has 2 N–H and O–H groups in total. The van der Waals surface area contributed by atoms with Crippen molar-refractivity contribution < 1.29 is 52.0 Å². The van der Waals surface area contributed by atoms with Crippen LogP contribution in [0, 0.1) is 0 Å². The van der Waals surface area contributed by atoms with Gasteiger partial charge < -0.3 is 9.66 Å². The number of hydrogen-bond acceptors (Lipinski definition) is 5. The first kappa shape index (κ1) is 15.4. The van der Waals surface area contributed by atoms with Crippen molar-refractivity contribution in [2.24, 2.45) is 0 Å². The molecule has 4 nitrogen and oxygen atoms in total. The number of phenols is 1. The number of hydrogen-bond donors (Lipinski definition) is 2. The Morgan fingerprint density at radius 2 is 1.35 bits per heavy atom. The van der Waals surface area contributed by atoms with Crippen LogP contribution in [-0.2, 0) is 32.7 Å². The van der Waals surface area contributed by atoms with E-state index in [1.165, 1.54) is 30.3 Å².